The number of H-pyrrole nitrogens is 1. The van der Waals surface area contributed by atoms with Gasteiger partial charge in [0, 0.05) is 12.3 Å². The maximum atomic E-state index is 13.6. The number of methoxy groups -OCH3 is 1. The van der Waals surface area contributed by atoms with Crippen molar-refractivity contribution in [1.82, 2.24) is 14.6 Å². The third kappa shape index (κ3) is 6.45. The number of hydrogen-bond donors (Lipinski definition) is 4. The minimum atomic E-state index is -4.26. The Kier molecular flexibility index (Phi) is 8.65. The van der Waals surface area contributed by atoms with Crippen molar-refractivity contribution >= 4 is 13.7 Å². The Morgan fingerprint density at radius 2 is 1.89 bits per heavy atom. The molecule has 1 saturated heterocycles. The van der Waals surface area contributed by atoms with Gasteiger partial charge in [0.25, 0.3) is 5.56 Å². The molecular weight excluding hydrogens is 485 g/mol. The average Bonchev–Trinajstić information content (AvgIpc) is 3.10. The third-order valence-electron chi connectivity index (χ3n) is 5.26. The van der Waals surface area contributed by atoms with Crippen molar-refractivity contribution in [1.29, 1.82) is 0 Å². The fraction of sp³-hybridized carbons (Fsp3) is 0.476. The summed E-state index contributed by atoms with van der Waals surface area (Å²) in [6, 6.07) is 8.08. The van der Waals surface area contributed by atoms with Crippen LogP contribution >= 0.6 is 7.75 Å². The van der Waals surface area contributed by atoms with Crippen molar-refractivity contribution in [2.75, 3.05) is 13.7 Å². The number of rotatable bonds is 10. The fourth-order valence-corrected chi connectivity index (χ4v) is 5.04. The summed E-state index contributed by atoms with van der Waals surface area (Å²) in [5.41, 5.74) is -1.50. The minimum Gasteiger partial charge on any atom is -0.468 e. The second-order valence-electron chi connectivity index (χ2n) is 8.14. The van der Waals surface area contributed by atoms with Gasteiger partial charge in [0.2, 0.25) is 0 Å². The van der Waals surface area contributed by atoms with E-state index in [1.807, 2.05) is 4.98 Å². The van der Waals surface area contributed by atoms with Gasteiger partial charge in [-0.15, -0.1) is 0 Å². The van der Waals surface area contributed by atoms with E-state index in [1.165, 1.54) is 19.2 Å². The summed E-state index contributed by atoms with van der Waals surface area (Å²) in [7, 11) is -3.08. The van der Waals surface area contributed by atoms with Crippen LogP contribution in [0.2, 0.25) is 0 Å². The smallest absolute Gasteiger partial charge is 0.459 e. The molecule has 2 heterocycles. The number of aromatic nitrogens is 2. The highest BCUT2D eigenvalue weighted by Crippen LogP contribution is 2.46. The lowest BCUT2D eigenvalue weighted by atomic mass is 10.1. The van der Waals surface area contributed by atoms with Crippen molar-refractivity contribution in [3.8, 4) is 5.75 Å². The first kappa shape index (κ1) is 26.8. The molecule has 1 unspecified atom stereocenters. The van der Waals surface area contributed by atoms with Gasteiger partial charge in [0.05, 0.1) is 13.7 Å². The quantitative estimate of drug-likeness (QED) is 0.251. The molecule has 1 aliphatic heterocycles. The number of hydrogen-bond acceptors (Lipinski definition) is 10. The van der Waals surface area contributed by atoms with E-state index in [0.29, 0.717) is 0 Å². The lowest BCUT2D eigenvalue weighted by Gasteiger charge is -2.27. The van der Waals surface area contributed by atoms with Crippen molar-refractivity contribution in [3.05, 3.63) is 63.4 Å². The number of nitrogens with one attached hydrogen (secondary N) is 2. The molecule has 0 saturated carbocycles. The molecule has 1 fully saturated rings. The van der Waals surface area contributed by atoms with Crippen molar-refractivity contribution < 1.29 is 38.1 Å². The molecular formula is C21H28N3O10P. The molecule has 0 aliphatic carbocycles. The van der Waals surface area contributed by atoms with Crippen molar-refractivity contribution in [2.45, 2.75) is 44.4 Å². The zero-order valence-electron chi connectivity index (χ0n) is 19.3. The van der Waals surface area contributed by atoms with Crippen LogP contribution in [0.1, 0.15) is 20.1 Å². The van der Waals surface area contributed by atoms with Crippen LogP contribution in [0.5, 0.6) is 5.75 Å². The van der Waals surface area contributed by atoms with Gasteiger partial charge in [-0.25, -0.2) is 9.36 Å². The summed E-state index contributed by atoms with van der Waals surface area (Å²) in [6.07, 6.45) is -4.57. The first-order chi connectivity index (χ1) is 16.5. The summed E-state index contributed by atoms with van der Waals surface area (Å²) in [5.74, 6) is -0.864. The van der Waals surface area contributed by atoms with E-state index in [1.54, 1.807) is 32.0 Å². The Labute approximate surface area is 200 Å². The molecule has 35 heavy (non-hydrogen) atoms. The van der Waals surface area contributed by atoms with Gasteiger partial charge in [-0.1, -0.05) is 32.0 Å². The van der Waals surface area contributed by atoms with Crippen LogP contribution in [0.4, 0.5) is 0 Å². The molecule has 13 nitrogen and oxygen atoms in total. The zero-order valence-corrected chi connectivity index (χ0v) is 20.2. The fourth-order valence-electron chi connectivity index (χ4n) is 3.38. The van der Waals surface area contributed by atoms with E-state index in [9.17, 15) is 29.2 Å². The zero-order chi connectivity index (χ0) is 25.8. The van der Waals surface area contributed by atoms with Crippen LogP contribution in [0, 0.1) is 5.92 Å². The largest absolute Gasteiger partial charge is 0.468 e. The van der Waals surface area contributed by atoms with Crippen LogP contribution in [-0.2, 0) is 23.4 Å². The maximum absolute atomic E-state index is 13.6. The normalized spacial score (nSPS) is 24.6. The predicted octanol–water partition coefficient (Wildman–Crippen LogP) is 0.147. The molecule has 2 aromatic rings. The van der Waals surface area contributed by atoms with Gasteiger partial charge in [0.1, 0.15) is 30.1 Å². The Hall–Kier alpha value is -2.80. The minimum absolute atomic E-state index is 0.182. The average molecular weight is 513 g/mol. The Morgan fingerprint density at radius 3 is 2.49 bits per heavy atom. The molecule has 6 atom stereocenters. The van der Waals surface area contributed by atoms with E-state index in [2.05, 4.69) is 5.09 Å². The number of benzene rings is 1. The summed E-state index contributed by atoms with van der Waals surface area (Å²) in [5, 5.41) is 23.4. The Balaban J connectivity index is 1.80. The summed E-state index contributed by atoms with van der Waals surface area (Å²) in [6.45, 7) is 2.86. The topological polar surface area (TPSA) is 178 Å². The highest BCUT2D eigenvalue weighted by Gasteiger charge is 2.46. The van der Waals surface area contributed by atoms with Gasteiger partial charge in [-0.3, -0.25) is 23.7 Å². The van der Waals surface area contributed by atoms with Gasteiger partial charge >= 0.3 is 19.4 Å². The second-order valence-corrected chi connectivity index (χ2v) is 9.83. The molecule has 0 radical (unpaired) electrons. The number of carbonyl (C=O) groups excluding carboxylic acids is 1. The number of nitrogens with zero attached hydrogens (tertiary/aromatic N) is 1. The molecule has 14 heteroatoms. The summed E-state index contributed by atoms with van der Waals surface area (Å²) < 4.78 is 36.0. The van der Waals surface area contributed by atoms with E-state index >= 15 is 0 Å². The highest BCUT2D eigenvalue weighted by atomic mass is 31.2. The molecule has 4 N–H and O–H groups in total. The van der Waals surface area contributed by atoms with Gasteiger partial charge in [-0.2, -0.15) is 5.09 Å². The first-order valence-electron chi connectivity index (χ1n) is 10.7. The summed E-state index contributed by atoms with van der Waals surface area (Å²) in [4.78, 5) is 37.6. The van der Waals surface area contributed by atoms with Crippen LogP contribution in [0.25, 0.3) is 0 Å². The Morgan fingerprint density at radius 1 is 1.20 bits per heavy atom. The van der Waals surface area contributed by atoms with Gasteiger partial charge < -0.3 is 24.2 Å². The van der Waals surface area contributed by atoms with Crippen LogP contribution in [0.3, 0.4) is 0 Å². The lowest BCUT2D eigenvalue weighted by molar-refractivity contribution is -0.143. The maximum Gasteiger partial charge on any atom is 0.459 e. The second kappa shape index (κ2) is 11.3. The number of aliphatic hydroxyl groups is 2. The number of aliphatic hydroxyl groups excluding tert-OH is 2. The highest BCUT2D eigenvalue weighted by molar-refractivity contribution is 7.52. The molecule has 0 bridgehead atoms. The van der Waals surface area contributed by atoms with Crippen LogP contribution in [-0.4, -0.2) is 63.8 Å². The van der Waals surface area contributed by atoms with E-state index in [4.69, 9.17) is 18.5 Å². The van der Waals surface area contributed by atoms with Crippen molar-refractivity contribution in [3.63, 3.8) is 0 Å². The standard InChI is InChI=1S/C21H28N3O10P/c1-12(2)16(20(28)31-3)23-35(30,34-13-7-5-4-6-8-13)32-11-14-17(26)18(27)19(33-14)24-10-9-15(25)22-21(24)29/h4-10,12,14,16-19,26-27H,11H2,1-3H3,(H,23,30)(H,22,25,29)/t14-,16+,17-,18-,19-,35?/m1/s1. The molecule has 0 spiro atoms. The number of ether oxygens (including phenoxy) is 2. The van der Waals surface area contributed by atoms with Crippen LogP contribution in [0.15, 0.2) is 52.2 Å². The van der Waals surface area contributed by atoms with Gasteiger partial charge in [0.15, 0.2) is 6.23 Å². The molecule has 3 rings (SSSR count). The molecule has 0 amide bonds. The van der Waals surface area contributed by atoms with Gasteiger partial charge in [-0.05, 0) is 18.1 Å². The molecule has 192 valence electrons. The van der Waals surface area contributed by atoms with E-state index in [0.717, 1.165) is 16.8 Å². The van der Waals surface area contributed by atoms with Crippen molar-refractivity contribution in [2.24, 2.45) is 5.92 Å². The number of carbonyl (C=O) groups is 1. The monoisotopic (exact) mass is 513 g/mol. The SMILES string of the molecule is COC(=O)[C@@H](NP(=O)(OC[C@H]1O[C@@H](n2ccc(=O)[nH]c2=O)[C@H](O)[C@@H]1O)Oc1ccccc1)C(C)C. The molecule has 1 aromatic heterocycles. The number of aromatic amines is 1. The summed E-state index contributed by atoms with van der Waals surface area (Å²) >= 11 is 0. The van der Waals surface area contributed by atoms with E-state index < -0.39 is 62.2 Å². The van der Waals surface area contributed by atoms with E-state index in [-0.39, 0.29) is 11.7 Å². The number of esters is 1. The Bertz CT molecular complexity index is 1170. The lowest BCUT2D eigenvalue weighted by Crippen LogP contribution is -2.42. The van der Waals surface area contributed by atoms with Crippen LogP contribution < -0.4 is 20.9 Å². The first-order valence-corrected chi connectivity index (χ1v) is 12.3. The molecule has 1 aliphatic rings. The number of para-hydroxylation sites is 1. The third-order valence-corrected chi connectivity index (χ3v) is 6.79. The predicted molar refractivity (Wildman–Crippen MR) is 122 cm³/mol. The molecule has 1 aromatic carbocycles.